The SMILES string of the molecule is Cc1cc(COC(=O)N2CCN(C)C[C@@H]2C)cc(C)n1. The molecule has 0 aliphatic carbocycles. The molecule has 0 aromatic carbocycles. The maximum absolute atomic E-state index is 12.1. The van der Waals surface area contributed by atoms with Gasteiger partial charge in [-0.2, -0.15) is 0 Å². The van der Waals surface area contributed by atoms with Crippen molar-refractivity contribution in [2.75, 3.05) is 26.7 Å². The first-order valence-electron chi connectivity index (χ1n) is 7.02. The maximum Gasteiger partial charge on any atom is 0.410 e. The quantitative estimate of drug-likeness (QED) is 0.829. The van der Waals surface area contributed by atoms with Crippen LogP contribution in [0.15, 0.2) is 12.1 Å². The molecule has 0 spiro atoms. The van der Waals surface area contributed by atoms with E-state index in [1.54, 1.807) is 4.90 Å². The fraction of sp³-hybridized carbons (Fsp3) is 0.600. The molecular formula is C15H23N3O2. The Labute approximate surface area is 120 Å². The second-order valence-electron chi connectivity index (χ2n) is 5.62. The predicted molar refractivity (Wildman–Crippen MR) is 77.6 cm³/mol. The van der Waals surface area contributed by atoms with Gasteiger partial charge in [0.2, 0.25) is 0 Å². The van der Waals surface area contributed by atoms with E-state index in [1.807, 2.05) is 26.0 Å². The number of ether oxygens (including phenoxy) is 1. The molecule has 5 heteroatoms. The van der Waals surface area contributed by atoms with Crippen LogP contribution in [0.2, 0.25) is 0 Å². The van der Waals surface area contributed by atoms with Crippen LogP contribution in [-0.2, 0) is 11.3 Å². The lowest BCUT2D eigenvalue weighted by Crippen LogP contribution is -2.52. The van der Waals surface area contributed by atoms with E-state index in [-0.39, 0.29) is 12.1 Å². The minimum absolute atomic E-state index is 0.196. The van der Waals surface area contributed by atoms with Gasteiger partial charge in [0.25, 0.3) is 0 Å². The molecule has 1 amide bonds. The number of pyridine rings is 1. The molecule has 1 fully saturated rings. The van der Waals surface area contributed by atoms with E-state index < -0.39 is 0 Å². The van der Waals surface area contributed by atoms with Gasteiger partial charge in [-0.3, -0.25) is 4.98 Å². The van der Waals surface area contributed by atoms with Crippen molar-refractivity contribution in [1.29, 1.82) is 0 Å². The van der Waals surface area contributed by atoms with Crippen molar-refractivity contribution in [2.24, 2.45) is 0 Å². The van der Waals surface area contributed by atoms with E-state index in [1.165, 1.54) is 0 Å². The third kappa shape index (κ3) is 3.70. The van der Waals surface area contributed by atoms with Gasteiger partial charge < -0.3 is 14.5 Å². The number of carbonyl (C=O) groups is 1. The summed E-state index contributed by atoms with van der Waals surface area (Å²) in [6.45, 7) is 8.77. The summed E-state index contributed by atoms with van der Waals surface area (Å²) in [5.41, 5.74) is 2.89. The zero-order valence-electron chi connectivity index (χ0n) is 12.7. The molecule has 0 saturated carbocycles. The van der Waals surface area contributed by atoms with Crippen molar-refractivity contribution in [3.63, 3.8) is 0 Å². The van der Waals surface area contributed by atoms with Crippen LogP contribution in [0.25, 0.3) is 0 Å². The molecule has 1 aliphatic rings. The molecule has 0 bridgehead atoms. The normalized spacial score (nSPS) is 20.0. The molecule has 20 heavy (non-hydrogen) atoms. The number of likely N-dealkylation sites (N-methyl/N-ethyl adjacent to an activating group) is 1. The van der Waals surface area contributed by atoms with Crippen LogP contribution in [0.1, 0.15) is 23.9 Å². The third-order valence-corrected chi connectivity index (χ3v) is 3.57. The Hall–Kier alpha value is -1.62. The standard InChI is InChI=1S/C15H23N3O2/c1-11-7-14(8-12(2)16-11)10-20-15(19)18-6-5-17(4)9-13(18)3/h7-8,13H,5-6,9-10H2,1-4H3/t13-/m0/s1. The number of aromatic nitrogens is 1. The van der Waals surface area contributed by atoms with Crippen molar-refractivity contribution in [3.8, 4) is 0 Å². The van der Waals surface area contributed by atoms with Crippen molar-refractivity contribution in [3.05, 3.63) is 29.1 Å². The monoisotopic (exact) mass is 277 g/mol. The molecule has 1 aromatic rings. The summed E-state index contributed by atoms with van der Waals surface area (Å²) in [5, 5.41) is 0. The summed E-state index contributed by atoms with van der Waals surface area (Å²) in [7, 11) is 2.07. The molecular weight excluding hydrogens is 254 g/mol. The number of amides is 1. The topological polar surface area (TPSA) is 45.7 Å². The molecule has 1 atom stereocenters. The highest BCUT2D eigenvalue weighted by Crippen LogP contribution is 2.12. The number of carbonyl (C=O) groups excluding carboxylic acids is 1. The number of rotatable bonds is 2. The summed E-state index contributed by atoms with van der Waals surface area (Å²) < 4.78 is 5.42. The fourth-order valence-electron chi connectivity index (χ4n) is 2.64. The summed E-state index contributed by atoms with van der Waals surface area (Å²) >= 11 is 0. The smallest absolute Gasteiger partial charge is 0.410 e. The minimum atomic E-state index is -0.224. The average Bonchev–Trinajstić information content (AvgIpc) is 2.35. The third-order valence-electron chi connectivity index (χ3n) is 3.57. The molecule has 1 aromatic heterocycles. The van der Waals surface area contributed by atoms with Gasteiger partial charge in [-0.25, -0.2) is 4.79 Å². The first-order valence-corrected chi connectivity index (χ1v) is 7.02. The van der Waals surface area contributed by atoms with Gasteiger partial charge in [0.05, 0.1) is 0 Å². The van der Waals surface area contributed by atoms with Gasteiger partial charge in [0, 0.05) is 37.1 Å². The van der Waals surface area contributed by atoms with Gasteiger partial charge in [-0.15, -0.1) is 0 Å². The van der Waals surface area contributed by atoms with Gasteiger partial charge in [0.1, 0.15) is 6.61 Å². The molecule has 0 N–H and O–H groups in total. The van der Waals surface area contributed by atoms with Crippen LogP contribution in [0, 0.1) is 13.8 Å². The van der Waals surface area contributed by atoms with E-state index in [2.05, 4.69) is 23.9 Å². The Balaban J connectivity index is 1.91. The molecule has 1 saturated heterocycles. The predicted octanol–water partition coefficient (Wildman–Crippen LogP) is 1.97. The Morgan fingerprint density at radius 3 is 2.60 bits per heavy atom. The lowest BCUT2D eigenvalue weighted by atomic mass is 10.2. The second kappa shape index (κ2) is 6.22. The highest BCUT2D eigenvalue weighted by molar-refractivity contribution is 5.68. The maximum atomic E-state index is 12.1. The largest absolute Gasteiger partial charge is 0.445 e. The van der Waals surface area contributed by atoms with Gasteiger partial charge in [-0.05, 0) is 45.5 Å². The number of hydrogen-bond donors (Lipinski definition) is 0. The van der Waals surface area contributed by atoms with E-state index in [9.17, 15) is 4.79 Å². The number of nitrogens with zero attached hydrogens (tertiary/aromatic N) is 3. The molecule has 0 unspecified atom stereocenters. The first kappa shape index (κ1) is 14.8. The molecule has 2 rings (SSSR count). The number of hydrogen-bond acceptors (Lipinski definition) is 4. The van der Waals surface area contributed by atoms with Crippen LogP contribution in [0.5, 0.6) is 0 Å². The van der Waals surface area contributed by atoms with Crippen molar-refractivity contribution in [2.45, 2.75) is 33.4 Å². The lowest BCUT2D eigenvalue weighted by Gasteiger charge is -2.37. The molecule has 0 radical (unpaired) electrons. The Kier molecular flexibility index (Phi) is 4.60. The highest BCUT2D eigenvalue weighted by atomic mass is 16.6. The minimum Gasteiger partial charge on any atom is -0.445 e. The zero-order valence-corrected chi connectivity index (χ0v) is 12.7. The summed E-state index contributed by atoms with van der Waals surface area (Å²) in [6.07, 6.45) is -0.224. The average molecular weight is 277 g/mol. The van der Waals surface area contributed by atoms with E-state index in [4.69, 9.17) is 4.74 Å². The Morgan fingerprint density at radius 1 is 1.35 bits per heavy atom. The van der Waals surface area contributed by atoms with Crippen LogP contribution >= 0.6 is 0 Å². The second-order valence-corrected chi connectivity index (χ2v) is 5.62. The summed E-state index contributed by atoms with van der Waals surface area (Å²) in [5.74, 6) is 0. The Morgan fingerprint density at radius 2 is 2.00 bits per heavy atom. The van der Waals surface area contributed by atoms with Crippen molar-refractivity contribution >= 4 is 6.09 Å². The highest BCUT2D eigenvalue weighted by Gasteiger charge is 2.26. The Bertz CT molecular complexity index is 470. The summed E-state index contributed by atoms with van der Waals surface area (Å²) in [4.78, 5) is 20.5. The van der Waals surface area contributed by atoms with Crippen LogP contribution < -0.4 is 0 Å². The van der Waals surface area contributed by atoms with E-state index in [0.717, 1.165) is 36.6 Å². The molecule has 5 nitrogen and oxygen atoms in total. The van der Waals surface area contributed by atoms with E-state index >= 15 is 0 Å². The van der Waals surface area contributed by atoms with Crippen molar-refractivity contribution in [1.82, 2.24) is 14.8 Å². The van der Waals surface area contributed by atoms with Crippen LogP contribution in [0.3, 0.4) is 0 Å². The molecule has 1 aliphatic heterocycles. The zero-order chi connectivity index (χ0) is 14.7. The van der Waals surface area contributed by atoms with Gasteiger partial charge >= 0.3 is 6.09 Å². The first-order chi connectivity index (χ1) is 9.45. The van der Waals surface area contributed by atoms with Gasteiger partial charge in [-0.1, -0.05) is 0 Å². The lowest BCUT2D eigenvalue weighted by molar-refractivity contribution is 0.0545. The molecule has 110 valence electrons. The number of piperazine rings is 1. The number of aryl methyl sites for hydroxylation is 2. The summed E-state index contributed by atoms with van der Waals surface area (Å²) in [6, 6.07) is 4.10. The van der Waals surface area contributed by atoms with E-state index in [0.29, 0.717) is 6.61 Å². The molecule has 2 heterocycles. The fourth-order valence-corrected chi connectivity index (χ4v) is 2.64. The van der Waals surface area contributed by atoms with Gasteiger partial charge in [0.15, 0.2) is 0 Å². The van der Waals surface area contributed by atoms with Crippen LogP contribution in [0.4, 0.5) is 4.79 Å². The van der Waals surface area contributed by atoms with Crippen molar-refractivity contribution < 1.29 is 9.53 Å². The van der Waals surface area contributed by atoms with Crippen LogP contribution in [-0.4, -0.2) is 53.6 Å².